The highest BCUT2D eigenvalue weighted by atomic mass is 32.1. The topological polar surface area (TPSA) is 42.0 Å². The second kappa shape index (κ2) is 5.05. The highest BCUT2D eigenvalue weighted by Gasteiger charge is 2.09. The standard InChI is InChI=1S/C12H11FN2OS/c1-2-9-4-5-10(17-9)12(16)15-8-3-6-11(13)14-7-8/h3-7H,2H2,1H3,(H,15,16). The van der Waals surface area contributed by atoms with Gasteiger partial charge in [0, 0.05) is 4.88 Å². The van der Waals surface area contributed by atoms with Crippen LogP contribution in [0, 0.1) is 5.95 Å². The van der Waals surface area contributed by atoms with Crippen LogP contribution in [0.25, 0.3) is 0 Å². The summed E-state index contributed by atoms with van der Waals surface area (Å²) in [4.78, 5) is 17.1. The molecule has 3 nitrogen and oxygen atoms in total. The summed E-state index contributed by atoms with van der Waals surface area (Å²) < 4.78 is 12.6. The van der Waals surface area contributed by atoms with Gasteiger partial charge in [0.05, 0.1) is 16.8 Å². The number of nitrogens with one attached hydrogen (secondary N) is 1. The molecule has 0 unspecified atom stereocenters. The molecule has 0 saturated heterocycles. The largest absolute Gasteiger partial charge is 0.320 e. The Morgan fingerprint density at radius 2 is 2.24 bits per heavy atom. The molecule has 17 heavy (non-hydrogen) atoms. The molecule has 2 heterocycles. The van der Waals surface area contributed by atoms with Gasteiger partial charge in [0.25, 0.3) is 5.91 Å². The first-order chi connectivity index (χ1) is 8.19. The molecule has 2 rings (SSSR count). The minimum atomic E-state index is -0.563. The number of carbonyl (C=O) groups excluding carboxylic acids is 1. The Bertz CT molecular complexity index is 522. The Labute approximate surface area is 102 Å². The molecule has 0 atom stereocenters. The number of rotatable bonds is 3. The Hall–Kier alpha value is -1.75. The van der Waals surface area contributed by atoms with E-state index < -0.39 is 5.95 Å². The third-order valence-electron chi connectivity index (χ3n) is 2.22. The summed E-state index contributed by atoms with van der Waals surface area (Å²) in [7, 11) is 0. The van der Waals surface area contributed by atoms with Crippen molar-refractivity contribution in [2.75, 3.05) is 5.32 Å². The number of amides is 1. The summed E-state index contributed by atoms with van der Waals surface area (Å²) in [5, 5.41) is 2.67. The first kappa shape index (κ1) is 11.7. The summed E-state index contributed by atoms with van der Waals surface area (Å²) >= 11 is 1.46. The summed E-state index contributed by atoms with van der Waals surface area (Å²) in [6, 6.07) is 6.41. The van der Waals surface area contributed by atoms with Gasteiger partial charge >= 0.3 is 0 Å². The number of aromatic nitrogens is 1. The van der Waals surface area contributed by atoms with Crippen LogP contribution in [0.15, 0.2) is 30.5 Å². The summed E-state index contributed by atoms with van der Waals surface area (Å²) in [6.07, 6.45) is 2.21. The highest BCUT2D eigenvalue weighted by molar-refractivity contribution is 7.14. The molecular formula is C12H11FN2OS. The van der Waals surface area contributed by atoms with Gasteiger partial charge in [-0.2, -0.15) is 4.39 Å². The molecular weight excluding hydrogens is 239 g/mol. The van der Waals surface area contributed by atoms with E-state index in [0.717, 1.165) is 11.3 Å². The molecule has 2 aromatic heterocycles. The lowest BCUT2D eigenvalue weighted by atomic mass is 10.3. The van der Waals surface area contributed by atoms with E-state index in [4.69, 9.17) is 0 Å². The molecule has 0 aromatic carbocycles. The van der Waals surface area contributed by atoms with Crippen LogP contribution in [0.2, 0.25) is 0 Å². The number of hydrogen-bond donors (Lipinski definition) is 1. The molecule has 1 N–H and O–H groups in total. The van der Waals surface area contributed by atoms with Crippen LogP contribution in [-0.4, -0.2) is 10.9 Å². The maximum atomic E-state index is 12.6. The van der Waals surface area contributed by atoms with Crippen molar-refractivity contribution in [3.05, 3.63) is 46.2 Å². The van der Waals surface area contributed by atoms with Gasteiger partial charge in [-0.3, -0.25) is 4.79 Å². The first-order valence-electron chi connectivity index (χ1n) is 5.20. The summed E-state index contributed by atoms with van der Waals surface area (Å²) in [6.45, 7) is 2.04. The Balaban J connectivity index is 2.08. The molecule has 0 fully saturated rings. The van der Waals surface area contributed by atoms with Crippen molar-refractivity contribution < 1.29 is 9.18 Å². The minimum Gasteiger partial charge on any atom is -0.320 e. The number of aryl methyl sites for hydroxylation is 1. The zero-order valence-electron chi connectivity index (χ0n) is 9.24. The van der Waals surface area contributed by atoms with E-state index in [1.165, 1.54) is 29.7 Å². The third kappa shape index (κ3) is 2.88. The minimum absolute atomic E-state index is 0.192. The van der Waals surface area contributed by atoms with E-state index in [-0.39, 0.29) is 5.91 Å². The van der Waals surface area contributed by atoms with E-state index in [1.54, 1.807) is 6.07 Å². The fraction of sp³-hybridized carbons (Fsp3) is 0.167. The predicted molar refractivity (Wildman–Crippen MR) is 65.8 cm³/mol. The highest BCUT2D eigenvalue weighted by Crippen LogP contribution is 2.18. The summed E-state index contributed by atoms with van der Waals surface area (Å²) in [5.74, 6) is -0.754. The van der Waals surface area contributed by atoms with Gasteiger partial charge in [0.15, 0.2) is 0 Å². The number of pyridine rings is 1. The van der Waals surface area contributed by atoms with E-state index >= 15 is 0 Å². The second-order valence-corrected chi connectivity index (χ2v) is 4.61. The fourth-order valence-corrected chi connectivity index (χ4v) is 2.18. The molecule has 88 valence electrons. The number of thiophene rings is 1. The maximum absolute atomic E-state index is 12.6. The van der Waals surface area contributed by atoms with E-state index in [1.807, 2.05) is 13.0 Å². The van der Waals surface area contributed by atoms with E-state index in [0.29, 0.717) is 10.6 Å². The lowest BCUT2D eigenvalue weighted by Gasteiger charge is -2.02. The van der Waals surface area contributed by atoms with Crippen molar-refractivity contribution in [2.24, 2.45) is 0 Å². The molecule has 0 bridgehead atoms. The zero-order chi connectivity index (χ0) is 12.3. The van der Waals surface area contributed by atoms with Crippen LogP contribution < -0.4 is 5.32 Å². The molecule has 0 spiro atoms. The van der Waals surface area contributed by atoms with Crippen LogP contribution in [0.1, 0.15) is 21.5 Å². The third-order valence-corrected chi connectivity index (χ3v) is 3.45. The second-order valence-electron chi connectivity index (χ2n) is 3.44. The zero-order valence-corrected chi connectivity index (χ0v) is 10.1. The van der Waals surface area contributed by atoms with E-state index in [2.05, 4.69) is 10.3 Å². The molecule has 0 saturated carbocycles. The molecule has 2 aromatic rings. The first-order valence-corrected chi connectivity index (χ1v) is 6.02. The number of carbonyl (C=O) groups is 1. The van der Waals surface area contributed by atoms with Gasteiger partial charge in [-0.1, -0.05) is 6.92 Å². The van der Waals surface area contributed by atoms with Crippen molar-refractivity contribution in [2.45, 2.75) is 13.3 Å². The average Bonchev–Trinajstić information content (AvgIpc) is 2.81. The van der Waals surface area contributed by atoms with Gasteiger partial charge < -0.3 is 5.32 Å². The van der Waals surface area contributed by atoms with E-state index in [9.17, 15) is 9.18 Å². The van der Waals surface area contributed by atoms with Gasteiger partial charge in [-0.05, 0) is 30.7 Å². The Morgan fingerprint density at radius 1 is 1.41 bits per heavy atom. The van der Waals surface area contributed by atoms with Crippen molar-refractivity contribution in [3.8, 4) is 0 Å². The van der Waals surface area contributed by atoms with Crippen LogP contribution in [-0.2, 0) is 6.42 Å². The average molecular weight is 250 g/mol. The molecule has 0 aliphatic rings. The van der Waals surface area contributed by atoms with Crippen molar-refractivity contribution in [3.63, 3.8) is 0 Å². The van der Waals surface area contributed by atoms with Crippen molar-refractivity contribution in [1.29, 1.82) is 0 Å². The molecule has 0 radical (unpaired) electrons. The van der Waals surface area contributed by atoms with Crippen molar-refractivity contribution in [1.82, 2.24) is 4.98 Å². The molecule has 1 amide bonds. The normalized spacial score (nSPS) is 10.2. The van der Waals surface area contributed by atoms with Crippen molar-refractivity contribution >= 4 is 22.9 Å². The quantitative estimate of drug-likeness (QED) is 0.850. The molecule has 0 aliphatic heterocycles. The lowest BCUT2D eigenvalue weighted by Crippen LogP contribution is -2.10. The molecule has 0 aliphatic carbocycles. The number of nitrogens with zero attached hydrogens (tertiary/aromatic N) is 1. The Morgan fingerprint density at radius 3 is 2.82 bits per heavy atom. The molecule has 5 heteroatoms. The Kier molecular flexibility index (Phi) is 3.49. The van der Waals surface area contributed by atoms with Gasteiger partial charge in [0.2, 0.25) is 5.95 Å². The SMILES string of the molecule is CCc1ccc(C(=O)Nc2ccc(F)nc2)s1. The van der Waals surface area contributed by atoms with Gasteiger partial charge in [-0.15, -0.1) is 11.3 Å². The summed E-state index contributed by atoms with van der Waals surface area (Å²) in [5.41, 5.74) is 0.489. The van der Waals surface area contributed by atoms with Crippen LogP contribution >= 0.6 is 11.3 Å². The fourth-order valence-electron chi connectivity index (χ4n) is 1.33. The number of hydrogen-bond acceptors (Lipinski definition) is 3. The predicted octanol–water partition coefficient (Wildman–Crippen LogP) is 3.10. The monoisotopic (exact) mass is 250 g/mol. The maximum Gasteiger partial charge on any atom is 0.265 e. The van der Waals surface area contributed by atoms with Crippen LogP contribution in [0.3, 0.4) is 0 Å². The lowest BCUT2D eigenvalue weighted by molar-refractivity contribution is 0.103. The number of anilines is 1. The van der Waals surface area contributed by atoms with Gasteiger partial charge in [-0.25, -0.2) is 4.98 Å². The van der Waals surface area contributed by atoms with Crippen LogP contribution in [0.4, 0.5) is 10.1 Å². The van der Waals surface area contributed by atoms with Crippen LogP contribution in [0.5, 0.6) is 0 Å². The number of halogens is 1. The smallest absolute Gasteiger partial charge is 0.265 e. The van der Waals surface area contributed by atoms with Gasteiger partial charge in [0.1, 0.15) is 0 Å².